The third-order valence-corrected chi connectivity index (χ3v) is 6.31. The van der Waals surface area contributed by atoms with Crippen LogP contribution in [0.1, 0.15) is 41.0 Å². The van der Waals surface area contributed by atoms with E-state index in [0.717, 1.165) is 34.3 Å². The molecule has 2 aromatic carbocycles. The summed E-state index contributed by atoms with van der Waals surface area (Å²) in [5.41, 5.74) is 4.68. The van der Waals surface area contributed by atoms with Crippen LogP contribution in [0, 0.1) is 6.92 Å². The Morgan fingerprint density at radius 1 is 0.897 bits per heavy atom. The molecule has 29 heavy (non-hydrogen) atoms. The van der Waals surface area contributed by atoms with Crippen LogP contribution in [0.5, 0.6) is 0 Å². The normalized spacial score (nSPS) is 18.0. The molecule has 0 radical (unpaired) electrons. The molecule has 5 rings (SSSR count). The second-order valence-electron chi connectivity index (χ2n) is 7.37. The second kappa shape index (κ2) is 7.84. The Bertz CT molecular complexity index is 1110. The summed E-state index contributed by atoms with van der Waals surface area (Å²) in [6.07, 6.45) is 1.04. The van der Waals surface area contributed by atoms with Crippen LogP contribution in [0.3, 0.4) is 0 Å². The summed E-state index contributed by atoms with van der Waals surface area (Å²) >= 11 is 1.77. The average Bonchev–Trinajstić information content (AvgIpc) is 3.40. The monoisotopic (exact) mass is 399 g/mol. The van der Waals surface area contributed by atoms with Crippen LogP contribution in [0.15, 0.2) is 82.3 Å². The van der Waals surface area contributed by atoms with Crippen LogP contribution in [-0.4, -0.2) is 15.1 Å². The molecule has 0 aliphatic heterocycles. The van der Waals surface area contributed by atoms with Crippen LogP contribution < -0.4 is 0 Å². The largest absolute Gasteiger partial charge is 0.339 e. The lowest BCUT2D eigenvalue weighted by atomic mass is 10.1. The molecule has 1 aliphatic carbocycles. The van der Waals surface area contributed by atoms with E-state index in [1.165, 1.54) is 11.1 Å². The van der Waals surface area contributed by atoms with Crippen molar-refractivity contribution in [3.8, 4) is 11.4 Å². The molecular formula is C24H21N3OS. The first-order chi connectivity index (χ1) is 14.3. The van der Waals surface area contributed by atoms with Crippen molar-refractivity contribution in [3.05, 3.63) is 95.5 Å². The first-order valence-corrected chi connectivity index (χ1v) is 10.8. The predicted molar refractivity (Wildman–Crippen MR) is 115 cm³/mol. The van der Waals surface area contributed by atoms with Gasteiger partial charge in [-0.05, 0) is 36.5 Å². The Hall–Kier alpha value is -2.92. The SMILES string of the molecule is Cc1nc(SCc2ccccc2)ccc1[C@@H]1C[C@H]1c1nc(-c2ccccc2)no1. The Labute approximate surface area is 174 Å². The number of aromatic nitrogens is 3. The zero-order valence-electron chi connectivity index (χ0n) is 16.2. The van der Waals surface area contributed by atoms with Crippen molar-refractivity contribution in [2.75, 3.05) is 0 Å². The van der Waals surface area contributed by atoms with Crippen molar-refractivity contribution in [3.63, 3.8) is 0 Å². The molecule has 144 valence electrons. The van der Waals surface area contributed by atoms with E-state index in [0.29, 0.717) is 17.7 Å². The molecule has 5 heteroatoms. The fourth-order valence-electron chi connectivity index (χ4n) is 3.65. The van der Waals surface area contributed by atoms with Crippen LogP contribution >= 0.6 is 11.8 Å². The smallest absolute Gasteiger partial charge is 0.230 e. The third kappa shape index (κ3) is 3.96. The average molecular weight is 400 g/mol. The van der Waals surface area contributed by atoms with Gasteiger partial charge < -0.3 is 4.52 Å². The quantitative estimate of drug-likeness (QED) is 0.372. The maximum atomic E-state index is 5.56. The molecule has 1 fully saturated rings. The lowest BCUT2D eigenvalue weighted by molar-refractivity contribution is 0.378. The van der Waals surface area contributed by atoms with Gasteiger partial charge >= 0.3 is 0 Å². The Balaban J connectivity index is 1.26. The molecule has 1 aliphatic rings. The lowest BCUT2D eigenvalue weighted by Crippen LogP contribution is -1.94. The maximum Gasteiger partial charge on any atom is 0.230 e. The van der Waals surface area contributed by atoms with Crippen LogP contribution in [0.25, 0.3) is 11.4 Å². The molecule has 0 bridgehead atoms. The van der Waals surface area contributed by atoms with E-state index in [1.807, 2.05) is 36.4 Å². The zero-order valence-corrected chi connectivity index (χ0v) is 17.0. The molecular weight excluding hydrogens is 378 g/mol. The van der Waals surface area contributed by atoms with Gasteiger partial charge in [-0.1, -0.05) is 71.9 Å². The third-order valence-electron chi connectivity index (χ3n) is 5.31. The predicted octanol–water partition coefficient (Wildman–Crippen LogP) is 6.00. The van der Waals surface area contributed by atoms with Gasteiger partial charge in [0.25, 0.3) is 0 Å². The number of nitrogens with zero attached hydrogens (tertiary/aromatic N) is 3. The molecule has 0 amide bonds. The summed E-state index contributed by atoms with van der Waals surface area (Å²) in [7, 11) is 0. The molecule has 0 N–H and O–H groups in total. The van der Waals surface area contributed by atoms with Crippen molar-refractivity contribution < 1.29 is 4.52 Å². The highest BCUT2D eigenvalue weighted by Crippen LogP contribution is 2.55. The Kier molecular flexibility index (Phi) is 4.90. The summed E-state index contributed by atoms with van der Waals surface area (Å²) in [5.74, 6) is 3.04. The van der Waals surface area contributed by atoms with Gasteiger partial charge in [-0.2, -0.15) is 4.98 Å². The van der Waals surface area contributed by atoms with Crippen molar-refractivity contribution in [1.82, 2.24) is 15.1 Å². The molecule has 4 nitrogen and oxygen atoms in total. The molecule has 2 aromatic heterocycles. The van der Waals surface area contributed by atoms with Crippen molar-refractivity contribution >= 4 is 11.8 Å². The summed E-state index contributed by atoms with van der Waals surface area (Å²) < 4.78 is 5.56. The first-order valence-electron chi connectivity index (χ1n) is 9.81. The van der Waals surface area contributed by atoms with Gasteiger partial charge in [0.05, 0.1) is 5.03 Å². The van der Waals surface area contributed by atoms with E-state index in [-0.39, 0.29) is 0 Å². The number of aryl methyl sites for hydroxylation is 1. The summed E-state index contributed by atoms with van der Waals surface area (Å²) in [6, 6.07) is 24.8. The molecule has 2 atom stereocenters. The minimum absolute atomic E-state index is 0.295. The zero-order chi connectivity index (χ0) is 19.6. The van der Waals surface area contributed by atoms with Crippen molar-refractivity contribution in [1.29, 1.82) is 0 Å². The fourth-order valence-corrected chi connectivity index (χ4v) is 4.53. The number of hydrogen-bond donors (Lipinski definition) is 0. The highest BCUT2D eigenvalue weighted by atomic mass is 32.2. The summed E-state index contributed by atoms with van der Waals surface area (Å²) in [5, 5.41) is 5.23. The van der Waals surface area contributed by atoms with Gasteiger partial charge in [0.15, 0.2) is 0 Å². The minimum atomic E-state index is 0.295. The van der Waals surface area contributed by atoms with Gasteiger partial charge in [0.2, 0.25) is 11.7 Å². The van der Waals surface area contributed by atoms with E-state index < -0.39 is 0 Å². The maximum absolute atomic E-state index is 5.56. The van der Waals surface area contributed by atoms with E-state index in [4.69, 9.17) is 9.51 Å². The second-order valence-corrected chi connectivity index (χ2v) is 8.36. The highest BCUT2D eigenvalue weighted by molar-refractivity contribution is 7.98. The molecule has 0 unspecified atom stereocenters. The minimum Gasteiger partial charge on any atom is -0.339 e. The molecule has 2 heterocycles. The number of hydrogen-bond acceptors (Lipinski definition) is 5. The van der Waals surface area contributed by atoms with E-state index in [9.17, 15) is 0 Å². The number of benzene rings is 2. The molecule has 0 saturated heterocycles. The number of pyridine rings is 1. The van der Waals surface area contributed by atoms with Crippen molar-refractivity contribution in [2.24, 2.45) is 0 Å². The Morgan fingerprint density at radius 3 is 2.41 bits per heavy atom. The number of thioether (sulfide) groups is 1. The molecule has 1 saturated carbocycles. The summed E-state index contributed by atoms with van der Waals surface area (Å²) in [6.45, 7) is 2.10. The van der Waals surface area contributed by atoms with Crippen LogP contribution in [-0.2, 0) is 5.75 Å². The topological polar surface area (TPSA) is 51.8 Å². The van der Waals surface area contributed by atoms with Gasteiger partial charge in [0.1, 0.15) is 0 Å². The lowest BCUT2D eigenvalue weighted by Gasteiger charge is -2.07. The fraction of sp³-hybridized carbons (Fsp3) is 0.208. The highest BCUT2D eigenvalue weighted by Gasteiger charge is 2.44. The van der Waals surface area contributed by atoms with E-state index in [1.54, 1.807) is 11.8 Å². The number of rotatable bonds is 6. The van der Waals surface area contributed by atoms with Gasteiger partial charge in [-0.25, -0.2) is 4.98 Å². The molecule has 0 spiro atoms. The van der Waals surface area contributed by atoms with Crippen LogP contribution in [0.2, 0.25) is 0 Å². The standard InChI is InChI=1S/C24H21N3OS/c1-16-19(12-13-22(25-16)29-15-17-8-4-2-5-9-17)20-14-21(20)24-26-23(27-28-24)18-10-6-3-7-11-18/h2-13,20-21H,14-15H2,1H3/t20-,21+/m0/s1. The van der Waals surface area contributed by atoms with Gasteiger partial charge in [-0.15, -0.1) is 11.8 Å². The van der Waals surface area contributed by atoms with Gasteiger partial charge in [-0.3, -0.25) is 0 Å². The van der Waals surface area contributed by atoms with E-state index in [2.05, 4.69) is 53.5 Å². The first kappa shape index (κ1) is 18.1. The van der Waals surface area contributed by atoms with Crippen LogP contribution in [0.4, 0.5) is 0 Å². The summed E-state index contributed by atoms with van der Waals surface area (Å²) in [4.78, 5) is 9.45. The van der Waals surface area contributed by atoms with Crippen molar-refractivity contribution in [2.45, 2.75) is 36.0 Å². The molecule has 4 aromatic rings. The Morgan fingerprint density at radius 2 is 1.66 bits per heavy atom. The van der Waals surface area contributed by atoms with E-state index >= 15 is 0 Å². The van der Waals surface area contributed by atoms with Gasteiger partial charge in [0, 0.05) is 22.9 Å².